The van der Waals surface area contributed by atoms with Crippen LogP contribution in [0, 0.1) is 0 Å². The van der Waals surface area contributed by atoms with Crippen LogP contribution in [0.1, 0.15) is 309 Å². The molecular weight excluding hydrogens is 983 g/mol. The van der Waals surface area contributed by atoms with E-state index in [4.69, 9.17) is 9.47 Å². The topological polar surface area (TPSA) is 149 Å². The third kappa shape index (κ3) is 47.8. The van der Waals surface area contributed by atoms with Crippen LogP contribution in [0.25, 0.3) is 0 Å². The number of allylic oxidation sites excluding steroid dienone is 11. The van der Waals surface area contributed by atoms with Crippen molar-refractivity contribution in [2.24, 2.45) is 0 Å². The zero-order valence-corrected chi connectivity index (χ0v) is 51.4. The normalized spacial score (nSPS) is 19.0. The van der Waals surface area contributed by atoms with Crippen LogP contribution in [0.15, 0.2) is 72.9 Å². The Labute approximate surface area is 487 Å². The monoisotopic (exact) mass is 1110 g/mol. The van der Waals surface area contributed by atoms with Gasteiger partial charge in [0, 0.05) is 6.42 Å². The van der Waals surface area contributed by atoms with Crippen molar-refractivity contribution in [1.82, 2.24) is 5.32 Å². The van der Waals surface area contributed by atoms with Gasteiger partial charge in [-0.15, -0.1) is 0 Å². The molecule has 9 heteroatoms. The highest BCUT2D eigenvalue weighted by atomic mass is 16.7. The highest BCUT2D eigenvalue weighted by Gasteiger charge is 2.44. The molecule has 1 aliphatic heterocycles. The van der Waals surface area contributed by atoms with E-state index in [2.05, 4.69) is 79.9 Å². The number of carbonyl (C=O) groups is 1. The molecule has 0 radical (unpaired) electrons. The molecule has 1 saturated heterocycles. The summed E-state index contributed by atoms with van der Waals surface area (Å²) in [4.78, 5) is 13.1. The van der Waals surface area contributed by atoms with Gasteiger partial charge in [-0.2, -0.15) is 0 Å². The van der Waals surface area contributed by atoms with Crippen LogP contribution in [0.4, 0.5) is 0 Å². The minimum atomic E-state index is -1.57. The highest BCUT2D eigenvalue weighted by Crippen LogP contribution is 2.23. The molecule has 1 aliphatic rings. The van der Waals surface area contributed by atoms with Gasteiger partial charge in [0.2, 0.25) is 5.91 Å². The molecule has 1 amide bonds. The van der Waals surface area contributed by atoms with Gasteiger partial charge in [-0.25, -0.2) is 0 Å². The SMILES string of the molecule is CC/C=C\C/C=C\C/C=C\C/C=C\C/C=C\CCCCCCCCCC(=O)NC(COC1OC(CO)C(O)C(O)C1O)C(O)/C=C/CCCCCCCCCCCCCCCCCCCCCCCCCCCCCCCCC. The first kappa shape index (κ1) is 74.6. The van der Waals surface area contributed by atoms with Crippen molar-refractivity contribution in [1.29, 1.82) is 0 Å². The summed E-state index contributed by atoms with van der Waals surface area (Å²) in [6, 6.07) is -0.817. The Morgan fingerprint density at radius 1 is 0.443 bits per heavy atom. The summed E-state index contributed by atoms with van der Waals surface area (Å²) < 4.78 is 11.3. The maximum Gasteiger partial charge on any atom is 0.220 e. The van der Waals surface area contributed by atoms with Gasteiger partial charge >= 0.3 is 0 Å². The Hall–Kier alpha value is -2.37. The molecule has 6 N–H and O–H groups in total. The summed E-state index contributed by atoms with van der Waals surface area (Å²) in [5.41, 5.74) is 0. The summed E-state index contributed by atoms with van der Waals surface area (Å²) in [5.74, 6) is -0.187. The molecule has 79 heavy (non-hydrogen) atoms. The van der Waals surface area contributed by atoms with Crippen molar-refractivity contribution in [3.8, 4) is 0 Å². The minimum absolute atomic E-state index is 0.187. The van der Waals surface area contributed by atoms with Gasteiger partial charge < -0.3 is 40.3 Å². The average Bonchev–Trinajstić information content (AvgIpc) is 3.47. The molecule has 1 rings (SSSR count). The molecule has 7 atom stereocenters. The Morgan fingerprint density at radius 2 is 0.785 bits per heavy atom. The molecule has 0 aliphatic carbocycles. The predicted octanol–water partition coefficient (Wildman–Crippen LogP) is 18.0. The number of ether oxygens (including phenoxy) is 2. The first-order valence-corrected chi connectivity index (χ1v) is 33.7. The molecule has 1 heterocycles. The van der Waals surface area contributed by atoms with Gasteiger partial charge in [-0.05, 0) is 64.2 Å². The average molecular weight is 1110 g/mol. The van der Waals surface area contributed by atoms with Crippen LogP contribution in [0.5, 0.6) is 0 Å². The predicted molar refractivity (Wildman–Crippen MR) is 336 cm³/mol. The Bertz CT molecular complexity index is 1470. The zero-order chi connectivity index (χ0) is 57.2. The van der Waals surface area contributed by atoms with Gasteiger partial charge in [0.1, 0.15) is 24.4 Å². The van der Waals surface area contributed by atoms with E-state index < -0.39 is 49.5 Å². The second kappa shape index (κ2) is 58.8. The van der Waals surface area contributed by atoms with Crippen molar-refractivity contribution < 1.29 is 39.8 Å². The summed E-state index contributed by atoms with van der Waals surface area (Å²) in [6.07, 6.45) is 75.7. The van der Waals surface area contributed by atoms with E-state index in [1.54, 1.807) is 6.08 Å². The molecule has 0 aromatic rings. The van der Waals surface area contributed by atoms with Crippen LogP contribution >= 0.6 is 0 Å². The summed E-state index contributed by atoms with van der Waals surface area (Å²) in [7, 11) is 0. The van der Waals surface area contributed by atoms with Gasteiger partial charge in [-0.3, -0.25) is 4.79 Å². The van der Waals surface area contributed by atoms with Crippen molar-refractivity contribution >= 4 is 5.91 Å². The van der Waals surface area contributed by atoms with Crippen LogP contribution in [-0.2, 0) is 14.3 Å². The third-order valence-corrected chi connectivity index (χ3v) is 15.8. The Morgan fingerprint density at radius 3 is 1.16 bits per heavy atom. The lowest BCUT2D eigenvalue weighted by Crippen LogP contribution is -2.60. The lowest BCUT2D eigenvalue weighted by molar-refractivity contribution is -0.302. The number of carbonyl (C=O) groups excluding carboxylic acids is 1. The Balaban J connectivity index is 2.15. The van der Waals surface area contributed by atoms with Crippen LogP contribution < -0.4 is 5.32 Å². The molecular formula is C70H127NO8. The molecule has 460 valence electrons. The summed E-state index contributed by atoms with van der Waals surface area (Å²) >= 11 is 0. The fourth-order valence-electron chi connectivity index (χ4n) is 10.5. The molecule has 0 aromatic carbocycles. The molecule has 1 fully saturated rings. The van der Waals surface area contributed by atoms with E-state index in [-0.39, 0.29) is 12.5 Å². The van der Waals surface area contributed by atoms with Crippen molar-refractivity contribution in [2.75, 3.05) is 13.2 Å². The van der Waals surface area contributed by atoms with Gasteiger partial charge in [-0.1, -0.05) is 311 Å². The largest absolute Gasteiger partial charge is 0.394 e. The smallest absolute Gasteiger partial charge is 0.220 e. The minimum Gasteiger partial charge on any atom is -0.394 e. The second-order valence-corrected chi connectivity index (χ2v) is 23.2. The lowest BCUT2D eigenvalue weighted by atomic mass is 9.99. The molecule has 0 aromatic heterocycles. The first-order chi connectivity index (χ1) is 38.8. The van der Waals surface area contributed by atoms with Crippen molar-refractivity contribution in [2.45, 2.75) is 352 Å². The standard InChI is InChI=1S/C70H127NO8/c1-3-5-7-9-11-13-15-17-19-21-23-25-27-28-29-30-31-32-33-34-35-36-38-39-41-43-45-47-49-51-53-55-57-59-64(73)63(62-78-70-69(77)68(76)67(75)65(61-72)79-70)71-66(74)60-58-56-54-52-50-48-46-44-42-40-37-26-24-22-20-18-16-14-12-10-8-6-4-2/h6,8,12,14,18,20,24,26,40,42,57,59,63-65,67-70,72-73,75-77H,3-5,7,9-11,13,15-17,19,21-23,25,27-39,41,43-56,58,60-62H2,1-2H3,(H,71,74)/b8-6-,14-12-,20-18-,26-24-,42-40-,59-57+. The maximum atomic E-state index is 13.1. The van der Waals surface area contributed by atoms with E-state index in [0.717, 1.165) is 83.5 Å². The fourth-order valence-corrected chi connectivity index (χ4v) is 10.5. The quantitative estimate of drug-likeness (QED) is 0.0261. The van der Waals surface area contributed by atoms with Gasteiger partial charge in [0.05, 0.1) is 25.4 Å². The van der Waals surface area contributed by atoms with Crippen molar-refractivity contribution in [3.05, 3.63) is 72.9 Å². The number of rotatable bonds is 58. The van der Waals surface area contributed by atoms with Gasteiger partial charge in [0.15, 0.2) is 6.29 Å². The van der Waals surface area contributed by atoms with Crippen molar-refractivity contribution in [3.63, 3.8) is 0 Å². The molecule has 7 unspecified atom stereocenters. The number of aliphatic hydroxyl groups excluding tert-OH is 5. The Kier molecular flexibility index (Phi) is 55.6. The third-order valence-electron chi connectivity index (χ3n) is 15.8. The van der Waals surface area contributed by atoms with E-state index in [0.29, 0.717) is 6.42 Å². The number of aliphatic hydroxyl groups is 5. The second-order valence-electron chi connectivity index (χ2n) is 23.2. The zero-order valence-electron chi connectivity index (χ0n) is 51.4. The van der Waals surface area contributed by atoms with Crippen LogP contribution in [0.2, 0.25) is 0 Å². The van der Waals surface area contributed by atoms with Crippen LogP contribution in [-0.4, -0.2) is 87.5 Å². The molecule has 0 saturated carbocycles. The number of amides is 1. The maximum absolute atomic E-state index is 13.1. The lowest BCUT2D eigenvalue weighted by Gasteiger charge is -2.40. The highest BCUT2D eigenvalue weighted by molar-refractivity contribution is 5.76. The molecule has 0 bridgehead atoms. The van der Waals surface area contributed by atoms with E-state index in [9.17, 15) is 30.3 Å². The molecule has 9 nitrogen and oxygen atoms in total. The summed E-state index contributed by atoms with van der Waals surface area (Å²) in [6.45, 7) is 3.69. The van der Waals surface area contributed by atoms with E-state index >= 15 is 0 Å². The van der Waals surface area contributed by atoms with Gasteiger partial charge in [0.25, 0.3) is 0 Å². The number of hydrogen-bond donors (Lipinski definition) is 6. The number of hydrogen-bond acceptors (Lipinski definition) is 8. The first-order valence-electron chi connectivity index (χ1n) is 33.7. The number of nitrogens with one attached hydrogen (secondary N) is 1. The fraction of sp³-hybridized carbons (Fsp3) is 0.814. The molecule has 0 spiro atoms. The number of unbranched alkanes of at least 4 members (excludes halogenated alkanes) is 38. The van der Waals surface area contributed by atoms with Crippen LogP contribution in [0.3, 0.4) is 0 Å². The van der Waals surface area contributed by atoms with E-state index in [1.165, 1.54) is 205 Å². The van der Waals surface area contributed by atoms with E-state index in [1.807, 2.05) is 6.08 Å². The summed E-state index contributed by atoms with van der Waals surface area (Å²) in [5, 5.41) is 54.7.